The molecule has 0 heterocycles. The number of ether oxygens (including phenoxy) is 1. The molecule has 0 radical (unpaired) electrons. The number of urea groups is 1. The zero-order chi connectivity index (χ0) is 15.0. The van der Waals surface area contributed by atoms with Crippen molar-refractivity contribution in [2.75, 3.05) is 20.3 Å². The number of hydrogen-bond acceptors (Lipinski definition) is 3. The number of benzene rings is 1. The number of rotatable bonds is 7. The smallest absolute Gasteiger partial charge is 0.328 e. The molecular weight excluding hydrogens is 260 g/mol. The second-order valence-electron chi connectivity index (χ2n) is 4.51. The number of carboxylic acids is 1. The van der Waals surface area contributed by atoms with Gasteiger partial charge in [-0.25, -0.2) is 9.59 Å². The molecule has 6 nitrogen and oxygen atoms in total. The monoisotopic (exact) mass is 280 g/mol. The molecule has 1 aromatic carbocycles. The summed E-state index contributed by atoms with van der Waals surface area (Å²) in [7, 11) is 1.38. The average Bonchev–Trinajstić information content (AvgIpc) is 2.45. The summed E-state index contributed by atoms with van der Waals surface area (Å²) in [5, 5.41) is 13.9. The van der Waals surface area contributed by atoms with Crippen LogP contribution in [-0.4, -0.2) is 43.4 Å². The highest BCUT2D eigenvalue weighted by Crippen LogP contribution is 2.12. The Morgan fingerprint density at radius 2 is 1.95 bits per heavy atom. The molecule has 0 saturated heterocycles. The molecule has 0 fully saturated rings. The summed E-state index contributed by atoms with van der Waals surface area (Å²) < 4.78 is 4.74. The van der Waals surface area contributed by atoms with E-state index in [-0.39, 0.29) is 12.5 Å². The van der Waals surface area contributed by atoms with Crippen LogP contribution in [0.25, 0.3) is 0 Å². The Labute approximate surface area is 118 Å². The summed E-state index contributed by atoms with van der Waals surface area (Å²) in [5.74, 6) is -0.981. The number of carbonyl (C=O) groups is 2. The Morgan fingerprint density at radius 3 is 2.50 bits per heavy atom. The number of amides is 2. The molecule has 1 rings (SSSR count). The van der Waals surface area contributed by atoms with Gasteiger partial charge >= 0.3 is 12.0 Å². The highest BCUT2D eigenvalue weighted by Gasteiger charge is 2.19. The van der Waals surface area contributed by atoms with Gasteiger partial charge in [0.15, 0.2) is 6.04 Å². The van der Waals surface area contributed by atoms with Gasteiger partial charge in [0.05, 0.1) is 6.61 Å². The van der Waals surface area contributed by atoms with Gasteiger partial charge in [-0.1, -0.05) is 37.3 Å². The molecule has 0 spiro atoms. The zero-order valence-electron chi connectivity index (χ0n) is 11.6. The lowest BCUT2D eigenvalue weighted by atomic mass is 10.0. The van der Waals surface area contributed by atoms with E-state index in [0.717, 1.165) is 5.56 Å². The summed E-state index contributed by atoms with van der Waals surface area (Å²) in [4.78, 5) is 22.5. The first-order chi connectivity index (χ1) is 9.54. The standard InChI is InChI=1S/C14H20N2O4/c1-10(11-6-4-3-5-7-11)8-15-14(19)16-12(9-20-2)13(17)18/h3-7,10,12H,8-9H2,1-2H3,(H,17,18)(H2,15,16,19). The van der Waals surface area contributed by atoms with Gasteiger partial charge in [0.25, 0.3) is 0 Å². The van der Waals surface area contributed by atoms with Crippen LogP contribution < -0.4 is 10.6 Å². The van der Waals surface area contributed by atoms with Gasteiger partial charge in [-0.15, -0.1) is 0 Å². The van der Waals surface area contributed by atoms with Crippen molar-refractivity contribution < 1.29 is 19.4 Å². The van der Waals surface area contributed by atoms with E-state index >= 15 is 0 Å². The van der Waals surface area contributed by atoms with Crippen molar-refractivity contribution in [2.24, 2.45) is 0 Å². The topological polar surface area (TPSA) is 87.7 Å². The fourth-order valence-corrected chi connectivity index (χ4v) is 1.70. The third kappa shape index (κ3) is 5.27. The Kier molecular flexibility index (Phi) is 6.52. The SMILES string of the molecule is COCC(NC(=O)NCC(C)c1ccccc1)C(=O)O. The molecular formula is C14H20N2O4. The first kappa shape index (κ1) is 16.0. The molecule has 0 bridgehead atoms. The van der Waals surface area contributed by atoms with E-state index in [2.05, 4.69) is 10.6 Å². The maximum absolute atomic E-state index is 11.6. The highest BCUT2D eigenvalue weighted by molar-refractivity contribution is 5.82. The van der Waals surface area contributed by atoms with Gasteiger partial charge in [-0.3, -0.25) is 0 Å². The van der Waals surface area contributed by atoms with Gasteiger partial charge in [0, 0.05) is 13.7 Å². The van der Waals surface area contributed by atoms with E-state index in [1.807, 2.05) is 37.3 Å². The number of hydrogen-bond donors (Lipinski definition) is 3. The Bertz CT molecular complexity index is 436. The molecule has 3 N–H and O–H groups in total. The maximum Gasteiger partial charge on any atom is 0.328 e. The molecule has 0 aliphatic rings. The second-order valence-corrected chi connectivity index (χ2v) is 4.51. The number of methoxy groups -OCH3 is 1. The third-order valence-corrected chi connectivity index (χ3v) is 2.87. The van der Waals surface area contributed by atoms with Crippen molar-refractivity contribution in [3.05, 3.63) is 35.9 Å². The van der Waals surface area contributed by atoms with Crippen molar-refractivity contribution in [1.82, 2.24) is 10.6 Å². The first-order valence-corrected chi connectivity index (χ1v) is 6.35. The fraction of sp³-hybridized carbons (Fsp3) is 0.429. The lowest BCUT2D eigenvalue weighted by Crippen LogP contribution is -2.48. The van der Waals surface area contributed by atoms with Crippen LogP contribution in [0, 0.1) is 0 Å². The van der Waals surface area contributed by atoms with Gasteiger partial charge in [-0.2, -0.15) is 0 Å². The average molecular weight is 280 g/mol. The van der Waals surface area contributed by atoms with Crippen LogP contribution in [0.4, 0.5) is 4.79 Å². The zero-order valence-corrected chi connectivity index (χ0v) is 11.6. The maximum atomic E-state index is 11.6. The highest BCUT2D eigenvalue weighted by atomic mass is 16.5. The van der Waals surface area contributed by atoms with Crippen molar-refractivity contribution in [1.29, 1.82) is 0 Å². The van der Waals surface area contributed by atoms with Crippen LogP contribution in [-0.2, 0) is 9.53 Å². The van der Waals surface area contributed by atoms with Crippen molar-refractivity contribution in [2.45, 2.75) is 18.9 Å². The number of nitrogens with one attached hydrogen (secondary N) is 2. The van der Waals surface area contributed by atoms with Crippen molar-refractivity contribution in [3.8, 4) is 0 Å². The molecule has 2 amide bonds. The molecule has 110 valence electrons. The van der Waals surface area contributed by atoms with E-state index in [4.69, 9.17) is 9.84 Å². The van der Waals surface area contributed by atoms with Crippen molar-refractivity contribution in [3.63, 3.8) is 0 Å². The minimum absolute atomic E-state index is 0.0724. The van der Waals surface area contributed by atoms with Gasteiger partial charge in [-0.05, 0) is 11.5 Å². The molecule has 0 aliphatic heterocycles. The fourth-order valence-electron chi connectivity index (χ4n) is 1.70. The van der Waals surface area contributed by atoms with Crippen LogP contribution in [0.15, 0.2) is 30.3 Å². The molecule has 2 unspecified atom stereocenters. The molecule has 0 aliphatic carbocycles. The molecule has 20 heavy (non-hydrogen) atoms. The van der Waals surface area contributed by atoms with Crippen LogP contribution in [0.5, 0.6) is 0 Å². The Morgan fingerprint density at radius 1 is 1.30 bits per heavy atom. The van der Waals surface area contributed by atoms with E-state index in [0.29, 0.717) is 6.54 Å². The summed E-state index contributed by atoms with van der Waals surface area (Å²) in [5.41, 5.74) is 1.11. The number of aliphatic carboxylic acids is 1. The van der Waals surface area contributed by atoms with E-state index < -0.39 is 18.0 Å². The summed E-state index contributed by atoms with van der Waals surface area (Å²) >= 11 is 0. The van der Waals surface area contributed by atoms with Crippen LogP contribution >= 0.6 is 0 Å². The molecule has 0 saturated carbocycles. The molecule has 1 aromatic rings. The summed E-state index contributed by atoms with van der Waals surface area (Å²) in [6.07, 6.45) is 0. The van der Waals surface area contributed by atoms with E-state index in [1.165, 1.54) is 7.11 Å². The van der Waals surface area contributed by atoms with Gasteiger partial charge in [0.2, 0.25) is 0 Å². The molecule has 6 heteroatoms. The number of carboxylic acid groups (broad SMARTS) is 1. The van der Waals surface area contributed by atoms with Gasteiger partial charge < -0.3 is 20.5 Å². The minimum Gasteiger partial charge on any atom is -0.480 e. The Hall–Kier alpha value is -2.08. The predicted molar refractivity (Wildman–Crippen MR) is 74.7 cm³/mol. The molecule has 0 aromatic heterocycles. The Balaban J connectivity index is 2.41. The minimum atomic E-state index is -1.13. The van der Waals surface area contributed by atoms with Crippen LogP contribution in [0.3, 0.4) is 0 Å². The normalized spacial score (nSPS) is 13.3. The summed E-state index contributed by atoms with van der Waals surface area (Å²) in [6.45, 7) is 2.34. The molecule has 2 atom stereocenters. The van der Waals surface area contributed by atoms with Crippen LogP contribution in [0.1, 0.15) is 18.4 Å². The lowest BCUT2D eigenvalue weighted by Gasteiger charge is -2.16. The lowest BCUT2D eigenvalue weighted by molar-refractivity contribution is -0.140. The second kappa shape index (κ2) is 8.16. The largest absolute Gasteiger partial charge is 0.480 e. The van der Waals surface area contributed by atoms with Crippen molar-refractivity contribution >= 4 is 12.0 Å². The number of carbonyl (C=O) groups excluding carboxylic acids is 1. The third-order valence-electron chi connectivity index (χ3n) is 2.87. The first-order valence-electron chi connectivity index (χ1n) is 6.35. The summed E-state index contributed by atoms with van der Waals surface area (Å²) in [6, 6.07) is 8.20. The van der Waals surface area contributed by atoms with Gasteiger partial charge in [0.1, 0.15) is 0 Å². The van der Waals surface area contributed by atoms with Crippen LogP contribution in [0.2, 0.25) is 0 Å². The quantitative estimate of drug-likeness (QED) is 0.700. The van der Waals surface area contributed by atoms with E-state index in [9.17, 15) is 9.59 Å². The predicted octanol–water partition coefficient (Wildman–Crippen LogP) is 1.19. The van der Waals surface area contributed by atoms with E-state index in [1.54, 1.807) is 0 Å².